The fraction of sp³-hybridized carbons (Fsp3) is 0.667. The summed E-state index contributed by atoms with van der Waals surface area (Å²) >= 11 is 0. The van der Waals surface area contributed by atoms with Crippen LogP contribution >= 0.6 is 0 Å². The zero-order chi connectivity index (χ0) is 58.5. The van der Waals surface area contributed by atoms with Gasteiger partial charge < -0.3 is 14.2 Å². The Labute approximate surface area is 500 Å². The Hall–Kier alpha value is -4.45. The number of hydrogen-bond donors (Lipinski definition) is 0. The normalized spacial score (nSPS) is 13.0. The minimum Gasteiger partial charge on any atom is -0.462 e. The van der Waals surface area contributed by atoms with Crippen molar-refractivity contribution in [1.82, 2.24) is 0 Å². The molecule has 0 saturated heterocycles. The van der Waals surface area contributed by atoms with Crippen LogP contribution in [0.1, 0.15) is 303 Å². The highest BCUT2D eigenvalue weighted by Gasteiger charge is 2.19. The Morgan fingerprint density at radius 3 is 0.765 bits per heavy atom. The molecule has 0 bridgehead atoms. The first-order chi connectivity index (χ1) is 40.0. The van der Waals surface area contributed by atoms with Crippen LogP contribution in [0.2, 0.25) is 0 Å². The van der Waals surface area contributed by atoms with Crippen molar-refractivity contribution in [3.63, 3.8) is 0 Å². The van der Waals surface area contributed by atoms with E-state index in [4.69, 9.17) is 14.2 Å². The number of ether oxygens (including phenoxy) is 3. The van der Waals surface area contributed by atoms with Crippen molar-refractivity contribution in [2.45, 2.75) is 309 Å². The number of unbranched alkanes of at least 4 members (excludes halogenated alkanes) is 27. The summed E-state index contributed by atoms with van der Waals surface area (Å²) in [4.78, 5) is 38.2. The molecule has 0 spiro atoms. The standard InChI is InChI=1S/C75H124O6/c1-4-7-10-13-16-19-22-24-26-28-30-31-32-33-34-35-36-37-38-39-40-41-42-43-44-45-46-48-49-51-53-56-59-62-65-68-74(77)80-71-72(70-79-73(76)67-64-61-58-55-21-18-15-12-9-6-3)81-75(78)69-66-63-60-57-54-52-50-47-29-27-25-23-20-17-14-11-8-5-2/h7,10,16,19-20,23-24,26-27,29-31,33-34,36-37,39-40,42-43,45-46,72H,4-6,8-9,11-15,17-18,21-22,25,28,32,35,38,41,44,47-71H2,1-3H3/b10-7-,19-16-,23-20-,26-24-,29-27-,31-30-,34-33-,37-36-,40-39-,43-42-,46-45-. The van der Waals surface area contributed by atoms with E-state index in [0.717, 1.165) is 135 Å². The van der Waals surface area contributed by atoms with E-state index >= 15 is 0 Å². The predicted octanol–water partition coefficient (Wildman–Crippen LogP) is 23.3. The first kappa shape index (κ1) is 76.5. The van der Waals surface area contributed by atoms with Crippen LogP contribution in [0.25, 0.3) is 0 Å². The maximum atomic E-state index is 12.9. The second-order valence-corrected chi connectivity index (χ2v) is 22.0. The summed E-state index contributed by atoms with van der Waals surface area (Å²) < 4.78 is 16.9. The van der Waals surface area contributed by atoms with Crippen LogP contribution < -0.4 is 0 Å². The van der Waals surface area contributed by atoms with Crippen LogP contribution in [-0.2, 0) is 28.6 Å². The van der Waals surface area contributed by atoms with Gasteiger partial charge in [0, 0.05) is 19.3 Å². The largest absolute Gasteiger partial charge is 0.462 e. The van der Waals surface area contributed by atoms with Crippen LogP contribution in [0.4, 0.5) is 0 Å². The molecule has 0 aliphatic rings. The molecule has 6 nitrogen and oxygen atoms in total. The van der Waals surface area contributed by atoms with Crippen molar-refractivity contribution in [2.75, 3.05) is 13.2 Å². The monoisotopic (exact) mass is 1120 g/mol. The van der Waals surface area contributed by atoms with Gasteiger partial charge >= 0.3 is 17.9 Å². The van der Waals surface area contributed by atoms with Crippen molar-refractivity contribution in [3.05, 3.63) is 134 Å². The van der Waals surface area contributed by atoms with Gasteiger partial charge in [0.05, 0.1) is 0 Å². The molecule has 0 radical (unpaired) electrons. The molecule has 0 saturated carbocycles. The smallest absolute Gasteiger partial charge is 0.306 e. The first-order valence-corrected chi connectivity index (χ1v) is 33.7. The summed E-state index contributed by atoms with van der Waals surface area (Å²) in [6.45, 7) is 6.49. The second kappa shape index (κ2) is 68.1. The van der Waals surface area contributed by atoms with Gasteiger partial charge in [-0.3, -0.25) is 14.4 Å². The average molecular weight is 1120 g/mol. The van der Waals surface area contributed by atoms with Crippen molar-refractivity contribution < 1.29 is 28.6 Å². The molecule has 0 aromatic carbocycles. The topological polar surface area (TPSA) is 78.9 Å². The molecule has 0 aliphatic heterocycles. The van der Waals surface area contributed by atoms with E-state index in [1.807, 2.05) is 0 Å². The molecule has 81 heavy (non-hydrogen) atoms. The molecule has 0 heterocycles. The fourth-order valence-corrected chi connectivity index (χ4v) is 9.11. The van der Waals surface area contributed by atoms with E-state index in [1.165, 1.54) is 128 Å². The number of allylic oxidation sites excluding steroid dienone is 22. The molecular formula is C75H124O6. The van der Waals surface area contributed by atoms with E-state index in [9.17, 15) is 14.4 Å². The number of carbonyl (C=O) groups is 3. The highest BCUT2D eigenvalue weighted by molar-refractivity contribution is 5.71. The maximum Gasteiger partial charge on any atom is 0.306 e. The minimum absolute atomic E-state index is 0.0847. The molecule has 0 aromatic rings. The van der Waals surface area contributed by atoms with Gasteiger partial charge in [-0.05, 0) is 122 Å². The maximum absolute atomic E-state index is 12.9. The van der Waals surface area contributed by atoms with Gasteiger partial charge in [-0.15, -0.1) is 0 Å². The SMILES string of the molecule is CC/C=C\C/C=C\C/C=C\C/C=C\C/C=C\C/C=C\C/C=C\C/C=C\C/C=C\CCCCCCCCCC(=O)OCC(COC(=O)CCCCCCCCCCCC)OC(=O)CCCCCCCCC/C=C\C/C=C\CCCCCC. The van der Waals surface area contributed by atoms with E-state index in [0.29, 0.717) is 19.3 Å². The molecular weight excluding hydrogens is 997 g/mol. The van der Waals surface area contributed by atoms with Gasteiger partial charge in [-0.2, -0.15) is 0 Å². The third-order valence-corrected chi connectivity index (χ3v) is 14.1. The third kappa shape index (κ3) is 66.2. The summed E-state index contributed by atoms with van der Waals surface area (Å²) in [5.74, 6) is -0.901. The molecule has 1 unspecified atom stereocenters. The van der Waals surface area contributed by atoms with E-state index in [1.54, 1.807) is 0 Å². The zero-order valence-corrected chi connectivity index (χ0v) is 52.8. The molecule has 1 atom stereocenters. The van der Waals surface area contributed by atoms with Crippen molar-refractivity contribution in [3.8, 4) is 0 Å². The average Bonchev–Trinajstić information content (AvgIpc) is 3.47. The van der Waals surface area contributed by atoms with E-state index in [-0.39, 0.29) is 31.1 Å². The Kier molecular flexibility index (Phi) is 64.3. The minimum atomic E-state index is -0.789. The molecule has 0 amide bonds. The van der Waals surface area contributed by atoms with E-state index < -0.39 is 6.10 Å². The van der Waals surface area contributed by atoms with Crippen molar-refractivity contribution in [2.24, 2.45) is 0 Å². The van der Waals surface area contributed by atoms with Crippen LogP contribution in [0, 0.1) is 0 Å². The Bertz CT molecular complexity index is 1720. The summed E-state index contributed by atoms with van der Waals surface area (Å²) in [6.07, 6.45) is 96.1. The lowest BCUT2D eigenvalue weighted by Gasteiger charge is -2.18. The van der Waals surface area contributed by atoms with Gasteiger partial charge in [-0.25, -0.2) is 0 Å². The summed E-state index contributed by atoms with van der Waals surface area (Å²) in [5.41, 5.74) is 0. The lowest BCUT2D eigenvalue weighted by atomic mass is 10.1. The Morgan fingerprint density at radius 1 is 0.259 bits per heavy atom. The second-order valence-electron chi connectivity index (χ2n) is 22.0. The van der Waals surface area contributed by atoms with E-state index in [2.05, 4.69) is 154 Å². The molecule has 0 aromatic heterocycles. The molecule has 6 heteroatoms. The zero-order valence-electron chi connectivity index (χ0n) is 52.8. The van der Waals surface area contributed by atoms with Crippen LogP contribution in [-0.4, -0.2) is 37.2 Å². The van der Waals surface area contributed by atoms with Crippen LogP contribution in [0.3, 0.4) is 0 Å². The van der Waals surface area contributed by atoms with Gasteiger partial charge in [0.25, 0.3) is 0 Å². The Morgan fingerprint density at radius 2 is 0.481 bits per heavy atom. The third-order valence-electron chi connectivity index (χ3n) is 14.1. The van der Waals surface area contributed by atoms with Gasteiger partial charge in [-0.1, -0.05) is 296 Å². The Balaban J connectivity index is 4.24. The number of hydrogen-bond acceptors (Lipinski definition) is 6. The molecule has 0 aliphatic carbocycles. The number of rotatable bonds is 60. The molecule has 0 N–H and O–H groups in total. The van der Waals surface area contributed by atoms with Crippen molar-refractivity contribution in [1.29, 1.82) is 0 Å². The molecule has 0 rings (SSSR count). The highest BCUT2D eigenvalue weighted by Crippen LogP contribution is 2.15. The lowest BCUT2D eigenvalue weighted by Crippen LogP contribution is -2.30. The lowest BCUT2D eigenvalue weighted by molar-refractivity contribution is -0.167. The highest BCUT2D eigenvalue weighted by atomic mass is 16.6. The van der Waals surface area contributed by atoms with Gasteiger partial charge in [0.2, 0.25) is 0 Å². The van der Waals surface area contributed by atoms with Crippen molar-refractivity contribution >= 4 is 17.9 Å². The molecule has 0 fully saturated rings. The summed E-state index contributed by atoms with van der Waals surface area (Å²) in [7, 11) is 0. The summed E-state index contributed by atoms with van der Waals surface area (Å²) in [6, 6.07) is 0. The van der Waals surface area contributed by atoms with Crippen LogP contribution in [0.5, 0.6) is 0 Å². The molecule has 460 valence electrons. The number of esters is 3. The number of carbonyl (C=O) groups excluding carboxylic acids is 3. The van der Waals surface area contributed by atoms with Crippen LogP contribution in [0.15, 0.2) is 134 Å². The summed E-state index contributed by atoms with van der Waals surface area (Å²) in [5, 5.41) is 0. The van der Waals surface area contributed by atoms with Gasteiger partial charge in [0.15, 0.2) is 6.10 Å². The fourth-order valence-electron chi connectivity index (χ4n) is 9.11. The van der Waals surface area contributed by atoms with Gasteiger partial charge in [0.1, 0.15) is 13.2 Å². The predicted molar refractivity (Wildman–Crippen MR) is 353 cm³/mol. The quantitative estimate of drug-likeness (QED) is 0.0261. The first-order valence-electron chi connectivity index (χ1n) is 33.7.